The van der Waals surface area contributed by atoms with Crippen LogP contribution in [0, 0.1) is 13.8 Å². The molecule has 1 N–H and O–H groups in total. The van der Waals surface area contributed by atoms with E-state index in [0.717, 1.165) is 21.1 Å². The Bertz CT molecular complexity index is 800. The maximum absolute atomic E-state index is 12.7. The topological polar surface area (TPSA) is 79.7 Å². The SMILES string of the molecule is Cc1ccc(-c2nc(C)sc2CC(=O)N2CCO[C@@H](CC(=O)O)C2)cc1. The molecule has 138 valence electrons. The molecular formula is C19H22N2O4S. The third kappa shape index (κ3) is 4.47. The predicted octanol–water partition coefficient (Wildman–Crippen LogP) is 2.67. The number of rotatable bonds is 5. The van der Waals surface area contributed by atoms with Gasteiger partial charge in [0.25, 0.3) is 0 Å². The number of carbonyl (C=O) groups excluding carboxylic acids is 1. The van der Waals surface area contributed by atoms with Gasteiger partial charge in [0, 0.05) is 23.5 Å². The highest BCUT2D eigenvalue weighted by Crippen LogP contribution is 2.29. The Kier molecular flexibility index (Phi) is 5.68. The fourth-order valence-electron chi connectivity index (χ4n) is 3.04. The van der Waals surface area contributed by atoms with Crippen molar-refractivity contribution < 1.29 is 19.4 Å². The van der Waals surface area contributed by atoms with Crippen molar-refractivity contribution in [1.82, 2.24) is 9.88 Å². The van der Waals surface area contributed by atoms with E-state index in [0.29, 0.717) is 19.7 Å². The summed E-state index contributed by atoms with van der Waals surface area (Å²) in [5.41, 5.74) is 3.04. The number of aliphatic carboxylic acids is 1. The van der Waals surface area contributed by atoms with Gasteiger partial charge in [-0.25, -0.2) is 4.98 Å². The van der Waals surface area contributed by atoms with Crippen LogP contribution in [-0.4, -0.2) is 52.7 Å². The fourth-order valence-corrected chi connectivity index (χ4v) is 3.99. The van der Waals surface area contributed by atoms with Crippen LogP contribution in [-0.2, 0) is 20.7 Å². The molecule has 1 aliphatic rings. The minimum absolute atomic E-state index is 0.0132. The van der Waals surface area contributed by atoms with Crippen molar-refractivity contribution in [1.29, 1.82) is 0 Å². The molecule has 0 saturated carbocycles. The molecular weight excluding hydrogens is 352 g/mol. The van der Waals surface area contributed by atoms with Crippen molar-refractivity contribution >= 4 is 23.2 Å². The summed E-state index contributed by atoms with van der Waals surface area (Å²) in [5, 5.41) is 9.85. The number of carboxylic acid groups (broad SMARTS) is 1. The number of carbonyl (C=O) groups is 2. The van der Waals surface area contributed by atoms with Crippen LogP contribution >= 0.6 is 11.3 Å². The van der Waals surface area contributed by atoms with Gasteiger partial charge in [0.15, 0.2) is 0 Å². The van der Waals surface area contributed by atoms with E-state index in [4.69, 9.17) is 9.84 Å². The molecule has 6 nitrogen and oxygen atoms in total. The first kappa shape index (κ1) is 18.5. The van der Waals surface area contributed by atoms with Gasteiger partial charge in [-0.15, -0.1) is 11.3 Å². The van der Waals surface area contributed by atoms with Crippen LogP contribution in [0.15, 0.2) is 24.3 Å². The molecule has 0 unspecified atom stereocenters. The molecule has 0 spiro atoms. The first-order valence-electron chi connectivity index (χ1n) is 8.57. The van der Waals surface area contributed by atoms with Crippen LogP contribution in [0.1, 0.15) is 21.9 Å². The van der Waals surface area contributed by atoms with Crippen LogP contribution in [0.3, 0.4) is 0 Å². The lowest BCUT2D eigenvalue weighted by molar-refractivity contribution is -0.147. The molecule has 1 aliphatic heterocycles. The van der Waals surface area contributed by atoms with Gasteiger partial charge < -0.3 is 14.7 Å². The molecule has 26 heavy (non-hydrogen) atoms. The van der Waals surface area contributed by atoms with E-state index in [1.165, 1.54) is 16.9 Å². The molecule has 2 heterocycles. The van der Waals surface area contributed by atoms with Crippen molar-refractivity contribution in [3.8, 4) is 11.3 Å². The molecule has 7 heteroatoms. The van der Waals surface area contributed by atoms with Gasteiger partial charge in [-0.3, -0.25) is 9.59 Å². The smallest absolute Gasteiger partial charge is 0.306 e. The molecule has 0 aliphatic carbocycles. The summed E-state index contributed by atoms with van der Waals surface area (Å²) >= 11 is 1.53. The predicted molar refractivity (Wildman–Crippen MR) is 99.3 cm³/mol. The van der Waals surface area contributed by atoms with E-state index < -0.39 is 12.1 Å². The van der Waals surface area contributed by atoms with E-state index >= 15 is 0 Å². The second-order valence-electron chi connectivity index (χ2n) is 6.48. The van der Waals surface area contributed by atoms with Crippen molar-refractivity contribution in [2.45, 2.75) is 32.8 Å². The van der Waals surface area contributed by atoms with Gasteiger partial charge in [0.1, 0.15) is 0 Å². The molecule has 3 rings (SSSR count). The second-order valence-corrected chi connectivity index (χ2v) is 7.77. The molecule has 2 aromatic rings. The number of benzene rings is 1. The number of ether oxygens (including phenoxy) is 1. The highest BCUT2D eigenvalue weighted by molar-refractivity contribution is 7.12. The number of hydrogen-bond acceptors (Lipinski definition) is 5. The van der Waals surface area contributed by atoms with Gasteiger partial charge in [0.2, 0.25) is 5.91 Å². The Morgan fingerprint density at radius 2 is 2.04 bits per heavy atom. The van der Waals surface area contributed by atoms with Crippen LogP contribution in [0.25, 0.3) is 11.3 Å². The average molecular weight is 374 g/mol. The average Bonchev–Trinajstić information content (AvgIpc) is 2.95. The summed E-state index contributed by atoms with van der Waals surface area (Å²) in [7, 11) is 0. The summed E-state index contributed by atoms with van der Waals surface area (Å²) < 4.78 is 5.44. The van der Waals surface area contributed by atoms with E-state index in [-0.39, 0.29) is 18.7 Å². The zero-order valence-electron chi connectivity index (χ0n) is 14.9. The van der Waals surface area contributed by atoms with Crippen LogP contribution in [0.4, 0.5) is 0 Å². The molecule has 0 bridgehead atoms. The lowest BCUT2D eigenvalue weighted by atomic mass is 10.1. The van der Waals surface area contributed by atoms with Crippen LogP contribution in [0.5, 0.6) is 0 Å². The Balaban J connectivity index is 1.73. The van der Waals surface area contributed by atoms with Gasteiger partial charge in [-0.1, -0.05) is 29.8 Å². The molecule has 0 radical (unpaired) electrons. The Labute approximate surface area is 156 Å². The van der Waals surface area contributed by atoms with Crippen molar-refractivity contribution in [2.75, 3.05) is 19.7 Å². The Morgan fingerprint density at radius 1 is 1.31 bits per heavy atom. The summed E-state index contributed by atoms with van der Waals surface area (Å²) in [4.78, 5) is 30.9. The lowest BCUT2D eigenvalue weighted by Crippen LogP contribution is -2.46. The molecule has 1 saturated heterocycles. The number of amides is 1. The zero-order valence-corrected chi connectivity index (χ0v) is 15.7. The first-order valence-corrected chi connectivity index (χ1v) is 9.38. The molecule has 1 fully saturated rings. The van der Waals surface area contributed by atoms with E-state index in [1.807, 2.05) is 38.1 Å². The lowest BCUT2D eigenvalue weighted by Gasteiger charge is -2.32. The summed E-state index contributed by atoms with van der Waals surface area (Å²) in [6.45, 7) is 5.16. The van der Waals surface area contributed by atoms with Gasteiger partial charge in [-0.2, -0.15) is 0 Å². The standard InChI is InChI=1S/C19H22N2O4S/c1-12-3-5-14(6-4-12)19-16(26-13(2)20-19)10-17(22)21-7-8-25-15(11-21)9-18(23)24/h3-6,15H,7-11H2,1-2H3,(H,23,24)/t15-/m0/s1. The number of nitrogens with zero attached hydrogens (tertiary/aromatic N) is 2. The van der Waals surface area contributed by atoms with Gasteiger partial charge >= 0.3 is 5.97 Å². The molecule has 1 amide bonds. The van der Waals surface area contributed by atoms with Crippen molar-refractivity contribution in [3.05, 3.63) is 39.7 Å². The van der Waals surface area contributed by atoms with Crippen LogP contribution < -0.4 is 0 Å². The van der Waals surface area contributed by atoms with Crippen molar-refractivity contribution in [2.24, 2.45) is 0 Å². The van der Waals surface area contributed by atoms with Gasteiger partial charge in [0.05, 0.1) is 36.3 Å². The van der Waals surface area contributed by atoms with Crippen LogP contribution in [0.2, 0.25) is 0 Å². The van der Waals surface area contributed by atoms with E-state index in [1.54, 1.807) is 4.90 Å². The minimum Gasteiger partial charge on any atom is -0.481 e. The fraction of sp³-hybridized carbons (Fsp3) is 0.421. The first-order chi connectivity index (χ1) is 12.4. The Morgan fingerprint density at radius 3 is 2.73 bits per heavy atom. The number of hydrogen-bond donors (Lipinski definition) is 1. The highest BCUT2D eigenvalue weighted by atomic mass is 32.1. The monoisotopic (exact) mass is 374 g/mol. The number of carboxylic acids is 1. The van der Waals surface area contributed by atoms with E-state index in [9.17, 15) is 9.59 Å². The van der Waals surface area contributed by atoms with E-state index in [2.05, 4.69) is 4.98 Å². The molecule has 1 aromatic heterocycles. The molecule has 1 aromatic carbocycles. The summed E-state index contributed by atoms with van der Waals surface area (Å²) in [6.07, 6.45) is -0.253. The summed E-state index contributed by atoms with van der Waals surface area (Å²) in [5.74, 6) is -0.926. The van der Waals surface area contributed by atoms with Gasteiger partial charge in [-0.05, 0) is 13.8 Å². The number of aryl methyl sites for hydroxylation is 2. The second kappa shape index (κ2) is 7.97. The largest absolute Gasteiger partial charge is 0.481 e. The summed E-state index contributed by atoms with van der Waals surface area (Å²) in [6, 6.07) is 8.12. The van der Waals surface area contributed by atoms with Crippen molar-refractivity contribution in [3.63, 3.8) is 0 Å². The zero-order chi connectivity index (χ0) is 18.7. The number of morpholine rings is 1. The highest BCUT2D eigenvalue weighted by Gasteiger charge is 2.27. The normalized spacial score (nSPS) is 17.3. The third-order valence-corrected chi connectivity index (χ3v) is 5.31. The number of thiazole rings is 1. The maximum atomic E-state index is 12.7. The Hall–Kier alpha value is -2.25. The third-order valence-electron chi connectivity index (χ3n) is 4.33. The maximum Gasteiger partial charge on any atom is 0.306 e. The minimum atomic E-state index is -0.913. The quantitative estimate of drug-likeness (QED) is 0.870. The number of aromatic nitrogens is 1. The molecule has 1 atom stereocenters.